The fourth-order valence-electron chi connectivity index (χ4n) is 1.68. The Bertz CT molecular complexity index is 369. The third kappa shape index (κ3) is 4.14. The van der Waals surface area contributed by atoms with E-state index in [2.05, 4.69) is 50.4 Å². The molecule has 2 N–H and O–H groups in total. The second-order valence-electron chi connectivity index (χ2n) is 6.15. The van der Waals surface area contributed by atoms with Gasteiger partial charge < -0.3 is 10.4 Å². The molecule has 2 nitrogen and oxygen atoms in total. The summed E-state index contributed by atoms with van der Waals surface area (Å²) in [6, 6.07) is 8.61. The SMILES string of the molecule is Cc1cccc(C(C)(C)CNC(C)(C)CO)c1. The number of hydrogen-bond donors (Lipinski definition) is 2. The van der Waals surface area contributed by atoms with Crippen LogP contribution in [0.15, 0.2) is 24.3 Å². The van der Waals surface area contributed by atoms with E-state index in [1.807, 2.05) is 13.8 Å². The van der Waals surface area contributed by atoms with Crippen molar-refractivity contribution in [3.05, 3.63) is 35.4 Å². The van der Waals surface area contributed by atoms with E-state index in [0.29, 0.717) is 0 Å². The Morgan fingerprint density at radius 2 is 1.82 bits per heavy atom. The Labute approximate surface area is 105 Å². The largest absolute Gasteiger partial charge is 0.394 e. The topological polar surface area (TPSA) is 32.3 Å². The molecular formula is C15H25NO. The molecule has 0 aliphatic rings. The van der Waals surface area contributed by atoms with Gasteiger partial charge in [-0.2, -0.15) is 0 Å². The molecule has 1 rings (SSSR count). The summed E-state index contributed by atoms with van der Waals surface area (Å²) in [7, 11) is 0. The number of nitrogens with one attached hydrogen (secondary N) is 1. The van der Waals surface area contributed by atoms with Crippen LogP contribution in [0.25, 0.3) is 0 Å². The lowest BCUT2D eigenvalue weighted by atomic mass is 9.83. The Balaban J connectivity index is 2.75. The Hall–Kier alpha value is -0.860. The minimum Gasteiger partial charge on any atom is -0.394 e. The van der Waals surface area contributed by atoms with Gasteiger partial charge in [0.15, 0.2) is 0 Å². The first-order valence-electron chi connectivity index (χ1n) is 6.20. The number of aliphatic hydroxyl groups is 1. The fourth-order valence-corrected chi connectivity index (χ4v) is 1.68. The van der Waals surface area contributed by atoms with Crippen molar-refractivity contribution in [2.75, 3.05) is 13.2 Å². The van der Waals surface area contributed by atoms with Gasteiger partial charge in [-0.25, -0.2) is 0 Å². The maximum atomic E-state index is 9.24. The summed E-state index contributed by atoms with van der Waals surface area (Å²) in [5.41, 5.74) is 2.47. The van der Waals surface area contributed by atoms with Crippen molar-refractivity contribution in [3.8, 4) is 0 Å². The van der Waals surface area contributed by atoms with Crippen LogP contribution in [0.5, 0.6) is 0 Å². The fraction of sp³-hybridized carbons (Fsp3) is 0.600. The van der Waals surface area contributed by atoms with Crippen LogP contribution in [0.1, 0.15) is 38.8 Å². The van der Waals surface area contributed by atoms with Crippen LogP contribution in [0, 0.1) is 6.92 Å². The van der Waals surface area contributed by atoms with Crippen molar-refractivity contribution in [3.63, 3.8) is 0 Å². The molecule has 0 saturated carbocycles. The number of hydrogen-bond acceptors (Lipinski definition) is 2. The van der Waals surface area contributed by atoms with Gasteiger partial charge in [0.25, 0.3) is 0 Å². The van der Waals surface area contributed by atoms with Crippen molar-refractivity contribution >= 4 is 0 Å². The molecule has 0 aromatic heterocycles. The average Bonchev–Trinajstić information content (AvgIpc) is 2.27. The van der Waals surface area contributed by atoms with E-state index in [0.717, 1.165) is 6.54 Å². The van der Waals surface area contributed by atoms with E-state index in [-0.39, 0.29) is 17.6 Å². The predicted octanol–water partition coefficient (Wildman–Crippen LogP) is 2.63. The molecule has 0 bridgehead atoms. The molecule has 0 fully saturated rings. The molecule has 1 aromatic carbocycles. The van der Waals surface area contributed by atoms with Crippen LogP contribution in [0.2, 0.25) is 0 Å². The summed E-state index contributed by atoms with van der Waals surface area (Å²) in [6.45, 7) is 11.6. The number of aryl methyl sites for hydroxylation is 1. The maximum Gasteiger partial charge on any atom is 0.0607 e. The Morgan fingerprint density at radius 1 is 1.18 bits per heavy atom. The van der Waals surface area contributed by atoms with Crippen molar-refractivity contribution < 1.29 is 5.11 Å². The van der Waals surface area contributed by atoms with E-state index in [4.69, 9.17) is 0 Å². The first-order valence-corrected chi connectivity index (χ1v) is 6.20. The van der Waals surface area contributed by atoms with E-state index in [1.165, 1.54) is 11.1 Å². The zero-order valence-electron chi connectivity index (χ0n) is 11.7. The van der Waals surface area contributed by atoms with Gasteiger partial charge in [0.2, 0.25) is 0 Å². The van der Waals surface area contributed by atoms with E-state index in [1.54, 1.807) is 0 Å². The quantitative estimate of drug-likeness (QED) is 0.822. The summed E-state index contributed by atoms with van der Waals surface area (Å²) in [5.74, 6) is 0. The smallest absolute Gasteiger partial charge is 0.0607 e. The lowest BCUT2D eigenvalue weighted by molar-refractivity contribution is 0.181. The molecule has 0 radical (unpaired) electrons. The van der Waals surface area contributed by atoms with Crippen molar-refractivity contribution in [2.45, 2.75) is 45.6 Å². The van der Waals surface area contributed by atoms with Crippen LogP contribution in [0.4, 0.5) is 0 Å². The van der Waals surface area contributed by atoms with Gasteiger partial charge in [-0.15, -0.1) is 0 Å². The molecule has 2 heteroatoms. The van der Waals surface area contributed by atoms with Gasteiger partial charge in [0, 0.05) is 17.5 Å². The van der Waals surface area contributed by atoms with Crippen molar-refractivity contribution in [2.24, 2.45) is 0 Å². The third-order valence-corrected chi connectivity index (χ3v) is 3.20. The first-order chi connectivity index (χ1) is 7.77. The highest BCUT2D eigenvalue weighted by Gasteiger charge is 2.24. The molecule has 0 heterocycles. The average molecular weight is 235 g/mol. The second-order valence-corrected chi connectivity index (χ2v) is 6.15. The van der Waals surface area contributed by atoms with Gasteiger partial charge in [-0.3, -0.25) is 0 Å². The van der Waals surface area contributed by atoms with Gasteiger partial charge in [0.1, 0.15) is 0 Å². The lowest BCUT2D eigenvalue weighted by Crippen LogP contribution is -2.48. The Kier molecular flexibility index (Phi) is 4.34. The van der Waals surface area contributed by atoms with Gasteiger partial charge in [-0.1, -0.05) is 43.7 Å². The zero-order valence-corrected chi connectivity index (χ0v) is 11.7. The molecule has 96 valence electrons. The molecule has 0 atom stereocenters. The minimum atomic E-state index is -0.221. The van der Waals surface area contributed by atoms with Gasteiger partial charge >= 0.3 is 0 Å². The van der Waals surface area contributed by atoms with Crippen LogP contribution in [-0.2, 0) is 5.41 Å². The summed E-state index contributed by atoms with van der Waals surface area (Å²) < 4.78 is 0. The molecule has 1 aromatic rings. The predicted molar refractivity (Wildman–Crippen MR) is 73.4 cm³/mol. The number of rotatable bonds is 5. The number of aliphatic hydroxyl groups excluding tert-OH is 1. The highest BCUT2D eigenvalue weighted by Crippen LogP contribution is 2.23. The highest BCUT2D eigenvalue weighted by molar-refractivity contribution is 5.28. The van der Waals surface area contributed by atoms with Crippen molar-refractivity contribution in [1.29, 1.82) is 0 Å². The second kappa shape index (κ2) is 5.19. The molecule has 17 heavy (non-hydrogen) atoms. The monoisotopic (exact) mass is 235 g/mol. The van der Waals surface area contributed by atoms with E-state index < -0.39 is 0 Å². The van der Waals surface area contributed by atoms with Crippen LogP contribution >= 0.6 is 0 Å². The molecule has 0 saturated heterocycles. The van der Waals surface area contributed by atoms with E-state index >= 15 is 0 Å². The zero-order chi connectivity index (χ0) is 13.1. The minimum absolute atomic E-state index is 0.0679. The summed E-state index contributed by atoms with van der Waals surface area (Å²) >= 11 is 0. The normalized spacial score (nSPS) is 12.8. The summed E-state index contributed by atoms with van der Waals surface area (Å²) in [5, 5.41) is 12.7. The maximum absolute atomic E-state index is 9.24. The van der Waals surface area contributed by atoms with E-state index in [9.17, 15) is 5.11 Å². The van der Waals surface area contributed by atoms with Crippen molar-refractivity contribution in [1.82, 2.24) is 5.32 Å². The van der Waals surface area contributed by atoms with Gasteiger partial charge in [-0.05, 0) is 26.3 Å². The first kappa shape index (κ1) is 14.2. The van der Waals surface area contributed by atoms with Gasteiger partial charge in [0.05, 0.1) is 6.61 Å². The highest BCUT2D eigenvalue weighted by atomic mass is 16.3. The molecule has 0 spiro atoms. The summed E-state index contributed by atoms with van der Waals surface area (Å²) in [4.78, 5) is 0. The molecule has 0 amide bonds. The lowest BCUT2D eigenvalue weighted by Gasteiger charge is -2.32. The number of benzene rings is 1. The standard InChI is InChI=1S/C15H25NO/c1-12-7-6-8-13(9-12)14(2,3)10-16-15(4,5)11-17/h6-9,16-17H,10-11H2,1-5H3. The molecule has 0 aliphatic carbocycles. The van der Waals surface area contributed by atoms with Crippen LogP contribution < -0.4 is 5.32 Å². The third-order valence-electron chi connectivity index (χ3n) is 3.20. The van der Waals surface area contributed by atoms with Crippen LogP contribution in [0.3, 0.4) is 0 Å². The van der Waals surface area contributed by atoms with Crippen LogP contribution in [-0.4, -0.2) is 23.8 Å². The molecule has 0 aliphatic heterocycles. The summed E-state index contributed by atoms with van der Waals surface area (Å²) in [6.07, 6.45) is 0. The Morgan fingerprint density at radius 3 is 2.35 bits per heavy atom. The molecule has 0 unspecified atom stereocenters. The molecular weight excluding hydrogens is 210 g/mol.